The normalized spacial score (nSPS) is 13.7. The maximum Gasteiger partial charge on any atom is 0.425 e. The molecule has 15 heavy (non-hydrogen) atoms. The smallest absolute Gasteiger partial charge is 0.425 e. The van der Waals surface area contributed by atoms with Crippen LogP contribution >= 0.6 is 0 Å². The van der Waals surface area contributed by atoms with Gasteiger partial charge >= 0.3 is 6.18 Å². The summed E-state index contributed by atoms with van der Waals surface area (Å²) >= 11 is 0. The highest BCUT2D eigenvalue weighted by Gasteiger charge is 2.37. The first kappa shape index (κ1) is 11.8. The van der Waals surface area contributed by atoms with Gasteiger partial charge in [-0.2, -0.15) is 13.2 Å². The Morgan fingerprint density at radius 3 is 2.60 bits per heavy atom. The van der Waals surface area contributed by atoms with Gasteiger partial charge in [-0.05, 0) is 24.6 Å². The number of hydrogen-bond donors (Lipinski definition) is 1. The molecule has 0 aromatic heterocycles. The molecule has 1 aromatic rings. The summed E-state index contributed by atoms with van der Waals surface area (Å²) in [6, 6.07) is 6.31. The lowest BCUT2D eigenvalue weighted by molar-refractivity contribution is -0.189. The van der Waals surface area contributed by atoms with Gasteiger partial charge in [0.15, 0.2) is 6.10 Å². The molecule has 1 atom stereocenters. The first-order valence-electron chi connectivity index (χ1n) is 4.46. The van der Waals surface area contributed by atoms with Gasteiger partial charge < -0.3 is 10.5 Å². The lowest BCUT2D eigenvalue weighted by Crippen LogP contribution is -2.31. The van der Waals surface area contributed by atoms with Crippen LogP contribution in [0.1, 0.15) is 12.5 Å². The molecule has 1 aromatic carbocycles. The molecule has 0 radical (unpaired) electrons. The molecule has 0 aliphatic carbocycles. The van der Waals surface area contributed by atoms with E-state index in [1.54, 1.807) is 12.1 Å². The first-order chi connectivity index (χ1) is 6.93. The summed E-state index contributed by atoms with van der Waals surface area (Å²) in [5, 5.41) is 0. The molecular formula is C10H12F3NO. The highest BCUT2D eigenvalue weighted by atomic mass is 19.4. The van der Waals surface area contributed by atoms with Crippen molar-refractivity contribution in [3.05, 3.63) is 29.8 Å². The van der Waals surface area contributed by atoms with Crippen LogP contribution < -0.4 is 10.5 Å². The fourth-order valence-electron chi connectivity index (χ4n) is 1.02. The van der Waals surface area contributed by atoms with Crippen molar-refractivity contribution in [3.8, 4) is 5.75 Å². The summed E-state index contributed by atoms with van der Waals surface area (Å²) < 4.78 is 41.2. The third-order valence-electron chi connectivity index (χ3n) is 1.91. The van der Waals surface area contributed by atoms with Gasteiger partial charge in [-0.25, -0.2) is 0 Å². The Morgan fingerprint density at radius 2 is 2.07 bits per heavy atom. The van der Waals surface area contributed by atoms with Crippen LogP contribution in [0, 0.1) is 0 Å². The van der Waals surface area contributed by atoms with E-state index in [9.17, 15) is 13.2 Å². The van der Waals surface area contributed by atoms with Gasteiger partial charge in [0.1, 0.15) is 5.75 Å². The fourth-order valence-corrected chi connectivity index (χ4v) is 1.02. The average Bonchev–Trinajstić information content (AvgIpc) is 2.16. The minimum Gasteiger partial charge on any atom is -0.481 e. The second-order valence-corrected chi connectivity index (χ2v) is 3.15. The molecular weight excluding hydrogens is 207 g/mol. The van der Waals surface area contributed by atoms with Crippen molar-refractivity contribution in [3.63, 3.8) is 0 Å². The van der Waals surface area contributed by atoms with E-state index in [0.29, 0.717) is 0 Å². The van der Waals surface area contributed by atoms with E-state index in [-0.39, 0.29) is 12.3 Å². The van der Waals surface area contributed by atoms with Crippen LogP contribution in [-0.4, -0.2) is 12.3 Å². The minimum absolute atomic E-state index is 0.183. The van der Waals surface area contributed by atoms with Crippen molar-refractivity contribution in [1.29, 1.82) is 0 Å². The van der Waals surface area contributed by atoms with E-state index in [1.165, 1.54) is 12.1 Å². The quantitative estimate of drug-likeness (QED) is 0.847. The highest BCUT2D eigenvalue weighted by molar-refractivity contribution is 5.28. The third-order valence-corrected chi connectivity index (χ3v) is 1.91. The molecule has 0 saturated carbocycles. The molecule has 0 saturated heterocycles. The lowest BCUT2D eigenvalue weighted by Gasteiger charge is -2.17. The van der Waals surface area contributed by atoms with Crippen LogP contribution in [0.5, 0.6) is 5.75 Å². The number of ether oxygens (including phenoxy) is 1. The molecule has 5 heteroatoms. The van der Waals surface area contributed by atoms with E-state index < -0.39 is 12.3 Å². The van der Waals surface area contributed by atoms with Crippen LogP contribution in [0.4, 0.5) is 13.2 Å². The van der Waals surface area contributed by atoms with E-state index in [1.807, 2.05) is 0 Å². The molecule has 2 nitrogen and oxygen atoms in total. The molecule has 0 aliphatic rings. The van der Waals surface area contributed by atoms with Gasteiger partial charge in [0.2, 0.25) is 0 Å². The number of nitrogens with two attached hydrogens (primary N) is 1. The van der Waals surface area contributed by atoms with Crippen molar-refractivity contribution < 1.29 is 17.9 Å². The first-order valence-corrected chi connectivity index (χ1v) is 4.46. The van der Waals surface area contributed by atoms with Crippen molar-refractivity contribution in [2.24, 2.45) is 5.73 Å². The topological polar surface area (TPSA) is 35.2 Å². The standard InChI is InChI=1S/C10H12F3NO/c1-7(10(11,12)13)15-9-4-2-3-8(5-9)6-14/h2-5,7H,6,14H2,1H3. The molecule has 0 bridgehead atoms. The van der Waals surface area contributed by atoms with Crippen LogP contribution in [0.25, 0.3) is 0 Å². The average molecular weight is 219 g/mol. The monoisotopic (exact) mass is 219 g/mol. The molecule has 1 rings (SSSR count). The maximum atomic E-state index is 12.2. The Hall–Kier alpha value is -1.23. The predicted molar refractivity (Wildman–Crippen MR) is 50.5 cm³/mol. The van der Waals surface area contributed by atoms with Gasteiger partial charge in [0, 0.05) is 6.54 Å². The SMILES string of the molecule is CC(Oc1cccc(CN)c1)C(F)(F)F. The van der Waals surface area contributed by atoms with Crippen LogP contribution in [0.2, 0.25) is 0 Å². The van der Waals surface area contributed by atoms with Gasteiger partial charge in [0.05, 0.1) is 0 Å². The number of hydrogen-bond acceptors (Lipinski definition) is 2. The second-order valence-electron chi connectivity index (χ2n) is 3.15. The van der Waals surface area contributed by atoms with Crippen LogP contribution in [0.3, 0.4) is 0 Å². The van der Waals surface area contributed by atoms with Gasteiger partial charge in [-0.15, -0.1) is 0 Å². The maximum absolute atomic E-state index is 12.2. The molecule has 0 fully saturated rings. The summed E-state index contributed by atoms with van der Waals surface area (Å²) in [5.74, 6) is 0.183. The van der Waals surface area contributed by atoms with E-state index in [4.69, 9.17) is 10.5 Å². The van der Waals surface area contributed by atoms with E-state index in [2.05, 4.69) is 0 Å². The molecule has 2 N–H and O–H groups in total. The summed E-state index contributed by atoms with van der Waals surface area (Å²) in [6.45, 7) is 1.24. The zero-order chi connectivity index (χ0) is 11.5. The molecule has 0 aliphatic heterocycles. The lowest BCUT2D eigenvalue weighted by atomic mass is 10.2. The molecule has 0 heterocycles. The Balaban J connectivity index is 2.72. The molecule has 84 valence electrons. The summed E-state index contributed by atoms with van der Waals surface area (Å²) in [7, 11) is 0. The van der Waals surface area contributed by atoms with Crippen molar-refractivity contribution in [2.45, 2.75) is 25.7 Å². The zero-order valence-corrected chi connectivity index (χ0v) is 8.21. The molecule has 0 spiro atoms. The molecule has 0 amide bonds. The third kappa shape index (κ3) is 3.43. The van der Waals surface area contributed by atoms with Crippen molar-refractivity contribution in [1.82, 2.24) is 0 Å². The van der Waals surface area contributed by atoms with E-state index in [0.717, 1.165) is 12.5 Å². The zero-order valence-electron chi connectivity index (χ0n) is 8.21. The Morgan fingerprint density at radius 1 is 1.40 bits per heavy atom. The number of halogens is 3. The predicted octanol–water partition coefficient (Wildman–Crippen LogP) is 2.47. The number of benzene rings is 1. The Labute approximate surface area is 85.8 Å². The fraction of sp³-hybridized carbons (Fsp3) is 0.400. The Bertz CT molecular complexity index is 325. The minimum atomic E-state index is -4.35. The Kier molecular flexibility index (Phi) is 3.57. The van der Waals surface area contributed by atoms with Gasteiger partial charge in [-0.3, -0.25) is 0 Å². The van der Waals surface area contributed by atoms with E-state index >= 15 is 0 Å². The number of rotatable bonds is 3. The second kappa shape index (κ2) is 4.53. The highest BCUT2D eigenvalue weighted by Crippen LogP contribution is 2.25. The number of alkyl halides is 3. The van der Waals surface area contributed by atoms with Gasteiger partial charge in [-0.1, -0.05) is 12.1 Å². The molecule has 1 unspecified atom stereocenters. The summed E-state index contributed by atoms with van der Waals surface area (Å²) in [4.78, 5) is 0. The summed E-state index contributed by atoms with van der Waals surface area (Å²) in [6.07, 6.45) is -6.16. The van der Waals surface area contributed by atoms with Gasteiger partial charge in [0.25, 0.3) is 0 Å². The van der Waals surface area contributed by atoms with Crippen LogP contribution in [0.15, 0.2) is 24.3 Å². The largest absolute Gasteiger partial charge is 0.481 e. The summed E-state index contributed by atoms with van der Waals surface area (Å²) in [5.41, 5.74) is 6.10. The van der Waals surface area contributed by atoms with Crippen molar-refractivity contribution in [2.75, 3.05) is 0 Å². The van der Waals surface area contributed by atoms with Crippen molar-refractivity contribution >= 4 is 0 Å². The van der Waals surface area contributed by atoms with Crippen LogP contribution in [-0.2, 0) is 6.54 Å².